The smallest absolute Gasteiger partial charge is 0.0210 e. The molecule has 0 aromatic heterocycles. The lowest BCUT2D eigenvalue weighted by atomic mass is 9.92. The molecule has 0 heterocycles. The first-order chi connectivity index (χ1) is 11.1. The molecule has 23 heavy (non-hydrogen) atoms. The van der Waals surface area contributed by atoms with Crippen LogP contribution in [0.25, 0.3) is 10.8 Å². The van der Waals surface area contributed by atoms with Gasteiger partial charge in [-0.25, -0.2) is 0 Å². The third-order valence-corrected chi connectivity index (χ3v) is 4.51. The molecule has 0 atom stereocenters. The van der Waals surface area contributed by atoms with Crippen molar-refractivity contribution in [3.05, 3.63) is 83.9 Å². The number of aryl methyl sites for hydroxylation is 1. The van der Waals surface area contributed by atoms with Crippen molar-refractivity contribution in [1.82, 2.24) is 5.32 Å². The molecule has 3 rings (SSSR count). The van der Waals surface area contributed by atoms with Gasteiger partial charge >= 0.3 is 0 Å². The van der Waals surface area contributed by atoms with Gasteiger partial charge in [0, 0.05) is 12.1 Å². The minimum Gasteiger partial charge on any atom is -0.308 e. The second-order valence-corrected chi connectivity index (χ2v) is 6.86. The standard InChI is InChI=1S/C22H25N/c1-22(2,23-17-18-9-4-3-5-10-18)16-15-20-13-8-12-19-11-6-7-14-21(19)20/h3-14,23H,15-17H2,1-2H3. The second kappa shape index (κ2) is 6.97. The Morgan fingerprint density at radius 1 is 0.783 bits per heavy atom. The molecule has 0 aliphatic carbocycles. The molecule has 1 nitrogen and oxygen atoms in total. The third kappa shape index (κ3) is 4.20. The lowest BCUT2D eigenvalue weighted by Crippen LogP contribution is -2.39. The molecule has 0 fully saturated rings. The van der Waals surface area contributed by atoms with Gasteiger partial charge in [-0.1, -0.05) is 72.8 Å². The highest BCUT2D eigenvalue weighted by molar-refractivity contribution is 5.85. The van der Waals surface area contributed by atoms with Crippen LogP contribution in [0, 0.1) is 0 Å². The van der Waals surface area contributed by atoms with Crippen molar-refractivity contribution in [2.24, 2.45) is 0 Å². The number of hydrogen-bond donors (Lipinski definition) is 1. The third-order valence-electron chi connectivity index (χ3n) is 4.51. The summed E-state index contributed by atoms with van der Waals surface area (Å²) in [6.45, 7) is 5.51. The molecular formula is C22H25N. The van der Waals surface area contributed by atoms with Crippen LogP contribution in [0.1, 0.15) is 31.4 Å². The van der Waals surface area contributed by atoms with Gasteiger partial charge in [0.1, 0.15) is 0 Å². The molecule has 0 radical (unpaired) electrons. The zero-order valence-electron chi connectivity index (χ0n) is 14.0. The van der Waals surface area contributed by atoms with E-state index in [0.29, 0.717) is 0 Å². The van der Waals surface area contributed by atoms with Crippen LogP contribution in [-0.4, -0.2) is 5.54 Å². The first kappa shape index (κ1) is 15.8. The van der Waals surface area contributed by atoms with Crippen LogP contribution in [0.15, 0.2) is 72.8 Å². The van der Waals surface area contributed by atoms with Gasteiger partial charge < -0.3 is 5.32 Å². The molecule has 0 aliphatic heterocycles. The van der Waals surface area contributed by atoms with Crippen LogP contribution in [0.3, 0.4) is 0 Å². The first-order valence-electron chi connectivity index (χ1n) is 8.40. The number of fused-ring (bicyclic) bond motifs is 1. The van der Waals surface area contributed by atoms with Gasteiger partial charge in [-0.05, 0) is 48.6 Å². The zero-order valence-corrected chi connectivity index (χ0v) is 14.0. The summed E-state index contributed by atoms with van der Waals surface area (Å²) in [6, 6.07) is 25.9. The Bertz CT molecular complexity index is 754. The Labute approximate surface area is 139 Å². The van der Waals surface area contributed by atoms with Crippen LogP contribution < -0.4 is 5.32 Å². The van der Waals surface area contributed by atoms with Crippen LogP contribution in [-0.2, 0) is 13.0 Å². The second-order valence-electron chi connectivity index (χ2n) is 6.86. The Kier molecular flexibility index (Phi) is 4.78. The zero-order chi connectivity index (χ0) is 16.1. The molecule has 3 aromatic rings. The van der Waals surface area contributed by atoms with Gasteiger partial charge in [0.25, 0.3) is 0 Å². The van der Waals surface area contributed by atoms with E-state index >= 15 is 0 Å². The molecule has 0 bridgehead atoms. The fraction of sp³-hybridized carbons (Fsp3) is 0.273. The normalized spacial score (nSPS) is 11.7. The lowest BCUT2D eigenvalue weighted by Gasteiger charge is -2.27. The van der Waals surface area contributed by atoms with E-state index in [1.807, 2.05) is 0 Å². The van der Waals surface area contributed by atoms with E-state index < -0.39 is 0 Å². The topological polar surface area (TPSA) is 12.0 Å². The van der Waals surface area contributed by atoms with E-state index in [1.54, 1.807) is 0 Å². The molecular weight excluding hydrogens is 278 g/mol. The summed E-state index contributed by atoms with van der Waals surface area (Å²) < 4.78 is 0. The summed E-state index contributed by atoms with van der Waals surface area (Å²) in [4.78, 5) is 0. The largest absolute Gasteiger partial charge is 0.308 e. The number of rotatable bonds is 6. The summed E-state index contributed by atoms with van der Waals surface area (Å²) in [5.41, 5.74) is 2.90. The van der Waals surface area contributed by atoms with Crippen LogP contribution in [0.5, 0.6) is 0 Å². The highest BCUT2D eigenvalue weighted by Crippen LogP contribution is 2.22. The van der Waals surface area contributed by atoms with Gasteiger partial charge in [0.2, 0.25) is 0 Å². The minimum atomic E-state index is 0.118. The van der Waals surface area contributed by atoms with Gasteiger partial charge in [0.05, 0.1) is 0 Å². The molecule has 1 heteroatoms. The summed E-state index contributed by atoms with van der Waals surface area (Å²) in [6.07, 6.45) is 2.21. The van der Waals surface area contributed by atoms with E-state index in [-0.39, 0.29) is 5.54 Å². The Hall–Kier alpha value is -2.12. The highest BCUT2D eigenvalue weighted by Gasteiger charge is 2.17. The molecule has 0 spiro atoms. The number of hydrogen-bond acceptors (Lipinski definition) is 1. The quantitative estimate of drug-likeness (QED) is 0.648. The van der Waals surface area contributed by atoms with Crippen LogP contribution in [0.4, 0.5) is 0 Å². The predicted molar refractivity (Wildman–Crippen MR) is 99.6 cm³/mol. The summed E-state index contributed by atoms with van der Waals surface area (Å²) >= 11 is 0. The van der Waals surface area contributed by atoms with E-state index in [9.17, 15) is 0 Å². The fourth-order valence-corrected chi connectivity index (χ4v) is 2.98. The van der Waals surface area contributed by atoms with E-state index in [1.165, 1.54) is 21.9 Å². The average molecular weight is 303 g/mol. The molecule has 3 aromatic carbocycles. The van der Waals surface area contributed by atoms with Crippen molar-refractivity contribution in [2.75, 3.05) is 0 Å². The minimum absolute atomic E-state index is 0.118. The highest BCUT2D eigenvalue weighted by atomic mass is 14.9. The fourth-order valence-electron chi connectivity index (χ4n) is 2.98. The van der Waals surface area contributed by atoms with Gasteiger partial charge in [-0.15, -0.1) is 0 Å². The maximum atomic E-state index is 3.69. The van der Waals surface area contributed by atoms with Gasteiger partial charge in [0.15, 0.2) is 0 Å². The number of nitrogens with one attached hydrogen (secondary N) is 1. The van der Waals surface area contributed by atoms with Crippen molar-refractivity contribution in [3.8, 4) is 0 Å². The first-order valence-corrected chi connectivity index (χ1v) is 8.40. The maximum Gasteiger partial charge on any atom is 0.0210 e. The molecule has 0 aliphatic rings. The maximum absolute atomic E-state index is 3.69. The Morgan fingerprint density at radius 3 is 2.30 bits per heavy atom. The van der Waals surface area contributed by atoms with Crippen molar-refractivity contribution in [2.45, 2.75) is 38.8 Å². The van der Waals surface area contributed by atoms with Gasteiger partial charge in [-0.3, -0.25) is 0 Å². The molecule has 1 N–H and O–H groups in total. The van der Waals surface area contributed by atoms with Crippen molar-refractivity contribution < 1.29 is 0 Å². The van der Waals surface area contributed by atoms with Crippen molar-refractivity contribution in [1.29, 1.82) is 0 Å². The molecule has 0 amide bonds. The summed E-state index contributed by atoms with van der Waals surface area (Å²) in [5.74, 6) is 0. The van der Waals surface area contributed by atoms with Crippen LogP contribution in [0.2, 0.25) is 0 Å². The molecule has 0 saturated heterocycles. The van der Waals surface area contributed by atoms with Gasteiger partial charge in [-0.2, -0.15) is 0 Å². The number of benzene rings is 3. The summed E-state index contributed by atoms with van der Waals surface area (Å²) in [7, 11) is 0. The Balaban J connectivity index is 1.64. The van der Waals surface area contributed by atoms with Crippen molar-refractivity contribution >= 4 is 10.8 Å². The van der Waals surface area contributed by atoms with Crippen LogP contribution >= 0.6 is 0 Å². The lowest BCUT2D eigenvalue weighted by molar-refractivity contribution is 0.361. The summed E-state index contributed by atoms with van der Waals surface area (Å²) in [5, 5.41) is 6.41. The van der Waals surface area contributed by atoms with Crippen molar-refractivity contribution in [3.63, 3.8) is 0 Å². The van der Waals surface area contributed by atoms with E-state index in [4.69, 9.17) is 0 Å². The SMILES string of the molecule is CC(C)(CCc1cccc2ccccc12)NCc1ccccc1. The van der Waals surface area contributed by atoms with E-state index in [0.717, 1.165) is 19.4 Å². The molecule has 0 saturated carbocycles. The predicted octanol–water partition coefficient (Wildman–Crippen LogP) is 5.34. The van der Waals surface area contributed by atoms with E-state index in [2.05, 4.69) is 92.0 Å². The Morgan fingerprint density at radius 2 is 1.48 bits per heavy atom. The molecule has 0 unspecified atom stereocenters. The average Bonchev–Trinajstić information content (AvgIpc) is 2.59. The molecule has 118 valence electrons. The monoisotopic (exact) mass is 303 g/mol.